The molecule has 0 aliphatic heterocycles. The van der Waals surface area contributed by atoms with Crippen LogP contribution in [0.25, 0.3) is 10.9 Å². The smallest absolute Gasteiger partial charge is 0.261 e. The van der Waals surface area contributed by atoms with Crippen LogP contribution in [0, 0.1) is 6.92 Å². The standard InChI is InChI=1S/C17H14ClNO3S/c1-12-6-8-15(9-7-12)23(20,21)22-11-14-10-13-4-2-3-5-16(13)19-17(14)18/h2-10H,11H2,1H3. The molecule has 4 nitrogen and oxygen atoms in total. The molecule has 0 unspecified atom stereocenters. The summed E-state index contributed by atoms with van der Waals surface area (Å²) in [6.07, 6.45) is 0. The van der Waals surface area contributed by atoms with Crippen LogP contribution in [-0.4, -0.2) is 13.4 Å². The molecule has 0 bridgehead atoms. The first-order valence-corrected chi connectivity index (χ1v) is 8.74. The SMILES string of the molecule is Cc1ccc(S(=O)(=O)OCc2cc3ccccc3nc2Cl)cc1. The molecule has 0 saturated carbocycles. The number of benzene rings is 2. The van der Waals surface area contributed by atoms with Gasteiger partial charge in [0.2, 0.25) is 0 Å². The van der Waals surface area contributed by atoms with E-state index in [1.165, 1.54) is 12.1 Å². The maximum absolute atomic E-state index is 12.2. The summed E-state index contributed by atoms with van der Waals surface area (Å²) in [7, 11) is -3.83. The topological polar surface area (TPSA) is 56.3 Å². The van der Waals surface area contributed by atoms with Crippen molar-refractivity contribution in [1.29, 1.82) is 0 Å². The second-order valence-electron chi connectivity index (χ2n) is 5.16. The van der Waals surface area contributed by atoms with Crippen molar-refractivity contribution in [3.63, 3.8) is 0 Å². The van der Waals surface area contributed by atoms with E-state index in [0.717, 1.165) is 16.5 Å². The molecule has 6 heteroatoms. The van der Waals surface area contributed by atoms with Crippen LogP contribution in [0.2, 0.25) is 5.15 Å². The van der Waals surface area contributed by atoms with Gasteiger partial charge in [0.1, 0.15) is 5.15 Å². The van der Waals surface area contributed by atoms with Gasteiger partial charge in [-0.1, -0.05) is 47.5 Å². The number of halogens is 1. The summed E-state index contributed by atoms with van der Waals surface area (Å²) in [5.74, 6) is 0. The van der Waals surface area contributed by atoms with Gasteiger partial charge in [-0.2, -0.15) is 8.42 Å². The van der Waals surface area contributed by atoms with Crippen molar-refractivity contribution in [3.05, 3.63) is 70.9 Å². The molecule has 0 radical (unpaired) electrons. The van der Waals surface area contributed by atoms with E-state index in [2.05, 4.69) is 4.98 Å². The third-order valence-electron chi connectivity index (χ3n) is 3.43. The van der Waals surface area contributed by atoms with Gasteiger partial charge < -0.3 is 0 Å². The van der Waals surface area contributed by atoms with Gasteiger partial charge in [-0.05, 0) is 31.2 Å². The van der Waals surface area contributed by atoms with Crippen molar-refractivity contribution >= 4 is 32.6 Å². The molecule has 0 saturated heterocycles. The Morgan fingerprint density at radius 3 is 2.52 bits per heavy atom. The number of aromatic nitrogens is 1. The number of nitrogens with zero attached hydrogens (tertiary/aromatic N) is 1. The van der Waals surface area contributed by atoms with Crippen LogP contribution in [0.5, 0.6) is 0 Å². The molecule has 1 heterocycles. The number of para-hydroxylation sites is 1. The molecule has 1 aromatic heterocycles. The van der Waals surface area contributed by atoms with Gasteiger partial charge in [-0.25, -0.2) is 4.98 Å². The monoisotopic (exact) mass is 347 g/mol. The highest BCUT2D eigenvalue weighted by Gasteiger charge is 2.16. The minimum Gasteiger partial charge on any atom is -0.261 e. The second-order valence-corrected chi connectivity index (χ2v) is 7.13. The summed E-state index contributed by atoms with van der Waals surface area (Å²) in [6, 6.07) is 15.7. The Balaban J connectivity index is 1.85. The normalized spacial score (nSPS) is 11.7. The Hall–Kier alpha value is -1.95. The molecule has 0 spiro atoms. The van der Waals surface area contributed by atoms with Crippen LogP contribution < -0.4 is 0 Å². The number of hydrogen-bond donors (Lipinski definition) is 0. The lowest BCUT2D eigenvalue weighted by molar-refractivity contribution is 0.308. The number of rotatable bonds is 4. The molecular weight excluding hydrogens is 334 g/mol. The first-order chi connectivity index (χ1) is 11.0. The Bertz CT molecular complexity index is 953. The highest BCUT2D eigenvalue weighted by atomic mass is 35.5. The predicted octanol–water partition coefficient (Wildman–Crippen LogP) is 4.10. The number of hydrogen-bond acceptors (Lipinski definition) is 4. The summed E-state index contributed by atoms with van der Waals surface area (Å²) >= 11 is 6.11. The molecule has 0 fully saturated rings. The fourth-order valence-electron chi connectivity index (χ4n) is 2.15. The molecule has 118 valence electrons. The summed E-state index contributed by atoms with van der Waals surface area (Å²) in [4.78, 5) is 4.37. The van der Waals surface area contributed by atoms with E-state index < -0.39 is 10.1 Å². The van der Waals surface area contributed by atoms with Crippen LogP contribution in [-0.2, 0) is 20.9 Å². The molecule has 3 rings (SSSR count). The first-order valence-electron chi connectivity index (χ1n) is 6.96. The fraction of sp³-hybridized carbons (Fsp3) is 0.118. The average molecular weight is 348 g/mol. The Morgan fingerprint density at radius 1 is 1.09 bits per heavy atom. The first kappa shape index (κ1) is 15.9. The highest BCUT2D eigenvalue weighted by molar-refractivity contribution is 7.86. The number of aryl methyl sites for hydroxylation is 1. The maximum Gasteiger partial charge on any atom is 0.297 e. The Kier molecular flexibility index (Phi) is 4.35. The lowest BCUT2D eigenvalue weighted by Crippen LogP contribution is -2.07. The van der Waals surface area contributed by atoms with Crippen LogP contribution in [0.15, 0.2) is 59.5 Å². The fourth-order valence-corrected chi connectivity index (χ4v) is 3.24. The molecule has 0 atom stereocenters. The van der Waals surface area contributed by atoms with E-state index in [4.69, 9.17) is 15.8 Å². The van der Waals surface area contributed by atoms with Gasteiger partial charge >= 0.3 is 0 Å². The molecule has 3 aromatic rings. The van der Waals surface area contributed by atoms with E-state index in [1.54, 1.807) is 18.2 Å². The van der Waals surface area contributed by atoms with E-state index in [-0.39, 0.29) is 16.7 Å². The van der Waals surface area contributed by atoms with Crippen molar-refractivity contribution in [3.8, 4) is 0 Å². The van der Waals surface area contributed by atoms with Crippen LogP contribution in [0.3, 0.4) is 0 Å². The summed E-state index contributed by atoms with van der Waals surface area (Å²) in [5, 5.41) is 1.12. The second kappa shape index (κ2) is 6.28. The molecular formula is C17H14ClNO3S. The van der Waals surface area contributed by atoms with E-state index in [9.17, 15) is 8.42 Å². The van der Waals surface area contributed by atoms with E-state index >= 15 is 0 Å². The molecule has 0 N–H and O–H groups in total. The summed E-state index contributed by atoms with van der Waals surface area (Å²) < 4.78 is 29.5. The zero-order valence-corrected chi connectivity index (χ0v) is 13.9. The average Bonchev–Trinajstić information content (AvgIpc) is 2.53. The van der Waals surface area contributed by atoms with Crippen molar-refractivity contribution in [2.24, 2.45) is 0 Å². The van der Waals surface area contributed by atoms with Crippen molar-refractivity contribution in [2.75, 3.05) is 0 Å². The zero-order valence-electron chi connectivity index (χ0n) is 12.4. The Morgan fingerprint density at radius 2 is 1.78 bits per heavy atom. The van der Waals surface area contributed by atoms with Gasteiger partial charge in [0.15, 0.2) is 0 Å². The lowest BCUT2D eigenvalue weighted by Gasteiger charge is -2.08. The predicted molar refractivity (Wildman–Crippen MR) is 89.9 cm³/mol. The van der Waals surface area contributed by atoms with Gasteiger partial charge in [-0.15, -0.1) is 0 Å². The van der Waals surface area contributed by atoms with Crippen molar-refractivity contribution < 1.29 is 12.6 Å². The van der Waals surface area contributed by atoms with Crippen LogP contribution in [0.1, 0.15) is 11.1 Å². The number of pyridine rings is 1. The highest BCUT2D eigenvalue weighted by Crippen LogP contribution is 2.23. The number of fused-ring (bicyclic) bond motifs is 1. The largest absolute Gasteiger partial charge is 0.297 e. The van der Waals surface area contributed by atoms with E-state index in [1.807, 2.05) is 31.2 Å². The molecule has 0 aliphatic carbocycles. The van der Waals surface area contributed by atoms with Crippen LogP contribution in [0.4, 0.5) is 0 Å². The van der Waals surface area contributed by atoms with Gasteiger partial charge in [0.05, 0.1) is 17.0 Å². The quantitative estimate of drug-likeness (QED) is 0.526. The minimum absolute atomic E-state index is 0.118. The molecule has 0 aliphatic rings. The lowest BCUT2D eigenvalue weighted by atomic mass is 10.2. The van der Waals surface area contributed by atoms with E-state index in [0.29, 0.717) is 5.56 Å². The van der Waals surface area contributed by atoms with Crippen molar-refractivity contribution in [2.45, 2.75) is 18.4 Å². The van der Waals surface area contributed by atoms with Gasteiger partial charge in [0, 0.05) is 10.9 Å². The molecule has 2 aromatic carbocycles. The van der Waals surface area contributed by atoms with Crippen LogP contribution >= 0.6 is 11.6 Å². The summed E-state index contributed by atoms with van der Waals surface area (Å²) in [5.41, 5.74) is 2.26. The third-order valence-corrected chi connectivity index (χ3v) is 5.03. The Labute approximate surface area is 139 Å². The zero-order chi connectivity index (χ0) is 16.4. The van der Waals surface area contributed by atoms with Gasteiger partial charge in [0.25, 0.3) is 10.1 Å². The minimum atomic E-state index is -3.83. The van der Waals surface area contributed by atoms with Crippen molar-refractivity contribution in [1.82, 2.24) is 4.98 Å². The maximum atomic E-state index is 12.2. The molecule has 0 amide bonds. The third kappa shape index (κ3) is 3.52. The van der Waals surface area contributed by atoms with Gasteiger partial charge in [-0.3, -0.25) is 4.18 Å². The molecule has 23 heavy (non-hydrogen) atoms. The summed E-state index contributed by atoms with van der Waals surface area (Å²) in [6.45, 7) is 1.73.